The number of benzene rings is 1. The Morgan fingerprint density at radius 1 is 1.54 bits per heavy atom. The van der Waals surface area contributed by atoms with Crippen molar-refractivity contribution in [3.63, 3.8) is 0 Å². The standard InChI is InChI=1S/C10H12N2O/c1-12-6-8(10(11)13)7-4-2-3-5-9(7)12/h2-5,8H,6H2,1H3,(H2,11,13). The molecule has 0 radical (unpaired) electrons. The second kappa shape index (κ2) is 2.76. The zero-order valence-corrected chi connectivity index (χ0v) is 7.53. The second-order valence-electron chi connectivity index (χ2n) is 3.39. The molecule has 3 heteroatoms. The first kappa shape index (κ1) is 8.10. The maximum atomic E-state index is 11.1. The molecule has 68 valence electrons. The quantitative estimate of drug-likeness (QED) is 0.684. The Balaban J connectivity index is 2.47. The topological polar surface area (TPSA) is 46.3 Å². The van der Waals surface area contributed by atoms with Crippen molar-refractivity contribution in [2.75, 3.05) is 18.5 Å². The Kier molecular flexibility index (Phi) is 1.72. The zero-order valence-electron chi connectivity index (χ0n) is 7.53. The monoisotopic (exact) mass is 176 g/mol. The Morgan fingerprint density at radius 3 is 2.92 bits per heavy atom. The number of hydrogen-bond donors (Lipinski definition) is 1. The predicted molar refractivity (Wildman–Crippen MR) is 51.6 cm³/mol. The number of nitrogens with two attached hydrogens (primary N) is 1. The van der Waals surface area contributed by atoms with E-state index in [1.807, 2.05) is 31.3 Å². The van der Waals surface area contributed by atoms with Gasteiger partial charge in [0, 0.05) is 19.3 Å². The highest BCUT2D eigenvalue weighted by Gasteiger charge is 2.29. The fourth-order valence-electron chi connectivity index (χ4n) is 1.84. The summed E-state index contributed by atoms with van der Waals surface area (Å²) in [5, 5.41) is 0. The van der Waals surface area contributed by atoms with Crippen molar-refractivity contribution < 1.29 is 4.79 Å². The van der Waals surface area contributed by atoms with E-state index in [1.165, 1.54) is 0 Å². The lowest BCUT2D eigenvalue weighted by Gasteiger charge is -2.10. The smallest absolute Gasteiger partial charge is 0.226 e. The van der Waals surface area contributed by atoms with Gasteiger partial charge >= 0.3 is 0 Å². The third-order valence-corrected chi connectivity index (χ3v) is 2.52. The number of carbonyl (C=O) groups excluding carboxylic acids is 1. The van der Waals surface area contributed by atoms with E-state index in [2.05, 4.69) is 4.90 Å². The van der Waals surface area contributed by atoms with Crippen molar-refractivity contribution in [3.8, 4) is 0 Å². The van der Waals surface area contributed by atoms with Gasteiger partial charge in [-0.1, -0.05) is 18.2 Å². The van der Waals surface area contributed by atoms with Crippen molar-refractivity contribution in [3.05, 3.63) is 29.8 Å². The van der Waals surface area contributed by atoms with Gasteiger partial charge in [-0.2, -0.15) is 0 Å². The summed E-state index contributed by atoms with van der Waals surface area (Å²) >= 11 is 0. The Bertz CT molecular complexity index is 349. The largest absolute Gasteiger partial charge is 0.373 e. The fourth-order valence-corrected chi connectivity index (χ4v) is 1.84. The summed E-state index contributed by atoms with van der Waals surface area (Å²) in [7, 11) is 1.97. The molecule has 1 atom stereocenters. The first-order valence-electron chi connectivity index (χ1n) is 4.29. The molecule has 0 aliphatic carbocycles. The van der Waals surface area contributed by atoms with Gasteiger partial charge in [0.25, 0.3) is 0 Å². The Hall–Kier alpha value is -1.51. The second-order valence-corrected chi connectivity index (χ2v) is 3.39. The molecule has 1 amide bonds. The number of rotatable bonds is 1. The summed E-state index contributed by atoms with van der Waals surface area (Å²) in [5.41, 5.74) is 7.48. The summed E-state index contributed by atoms with van der Waals surface area (Å²) in [4.78, 5) is 13.2. The summed E-state index contributed by atoms with van der Waals surface area (Å²) < 4.78 is 0. The molecule has 13 heavy (non-hydrogen) atoms. The minimum absolute atomic E-state index is 0.138. The molecular formula is C10H12N2O. The molecule has 0 saturated carbocycles. The lowest BCUT2D eigenvalue weighted by molar-refractivity contribution is -0.119. The van der Waals surface area contributed by atoms with Crippen LogP contribution in [0.2, 0.25) is 0 Å². The van der Waals surface area contributed by atoms with Crippen LogP contribution < -0.4 is 10.6 Å². The lowest BCUT2D eigenvalue weighted by Crippen LogP contribution is -2.25. The van der Waals surface area contributed by atoms with E-state index in [0.717, 1.165) is 11.3 Å². The number of primary amides is 1. The van der Waals surface area contributed by atoms with Crippen LogP contribution in [0.15, 0.2) is 24.3 Å². The average molecular weight is 176 g/mol. The number of anilines is 1. The van der Waals surface area contributed by atoms with E-state index in [4.69, 9.17) is 5.73 Å². The minimum atomic E-state index is -0.239. The maximum Gasteiger partial charge on any atom is 0.226 e. The number of carbonyl (C=O) groups is 1. The molecule has 0 fully saturated rings. The molecule has 1 aliphatic heterocycles. The molecule has 0 aromatic heterocycles. The highest BCUT2D eigenvalue weighted by molar-refractivity contribution is 5.87. The Morgan fingerprint density at radius 2 is 2.23 bits per heavy atom. The first-order chi connectivity index (χ1) is 6.20. The molecular weight excluding hydrogens is 164 g/mol. The molecule has 0 saturated heterocycles. The molecule has 0 bridgehead atoms. The molecule has 1 aliphatic rings. The highest BCUT2D eigenvalue weighted by atomic mass is 16.1. The maximum absolute atomic E-state index is 11.1. The van der Waals surface area contributed by atoms with Crippen LogP contribution in [0.4, 0.5) is 5.69 Å². The van der Waals surface area contributed by atoms with Crippen LogP contribution in [0, 0.1) is 0 Å². The van der Waals surface area contributed by atoms with E-state index in [1.54, 1.807) is 0 Å². The van der Waals surface area contributed by atoms with E-state index in [0.29, 0.717) is 6.54 Å². The van der Waals surface area contributed by atoms with Crippen LogP contribution in [0.1, 0.15) is 11.5 Å². The molecule has 0 spiro atoms. The fraction of sp³-hybridized carbons (Fsp3) is 0.300. The van der Waals surface area contributed by atoms with Crippen LogP contribution in [-0.4, -0.2) is 19.5 Å². The third kappa shape index (κ3) is 1.16. The van der Waals surface area contributed by atoms with E-state index in [-0.39, 0.29) is 11.8 Å². The minimum Gasteiger partial charge on any atom is -0.373 e. The van der Waals surface area contributed by atoms with Gasteiger partial charge in [0.15, 0.2) is 0 Å². The Labute approximate surface area is 77.1 Å². The van der Waals surface area contributed by atoms with Gasteiger partial charge in [0.2, 0.25) is 5.91 Å². The number of para-hydroxylation sites is 1. The molecule has 1 aromatic carbocycles. The summed E-state index contributed by atoms with van der Waals surface area (Å²) in [6.07, 6.45) is 0. The van der Waals surface area contributed by atoms with Crippen LogP contribution >= 0.6 is 0 Å². The predicted octanol–water partition coefficient (Wildman–Crippen LogP) is 0.705. The van der Waals surface area contributed by atoms with E-state index < -0.39 is 0 Å². The van der Waals surface area contributed by atoms with Crippen molar-refractivity contribution in [1.29, 1.82) is 0 Å². The molecule has 2 rings (SSSR count). The molecule has 1 heterocycles. The average Bonchev–Trinajstić information content (AvgIpc) is 2.45. The van der Waals surface area contributed by atoms with Gasteiger partial charge in [0.1, 0.15) is 0 Å². The number of likely N-dealkylation sites (N-methyl/N-ethyl adjacent to an activating group) is 1. The SMILES string of the molecule is CN1CC(C(N)=O)c2ccccc21. The normalized spacial score (nSPS) is 20.1. The molecule has 3 nitrogen and oxygen atoms in total. The van der Waals surface area contributed by atoms with Crippen LogP contribution in [0.3, 0.4) is 0 Å². The van der Waals surface area contributed by atoms with Gasteiger partial charge in [-0.25, -0.2) is 0 Å². The lowest BCUT2D eigenvalue weighted by atomic mass is 10.0. The van der Waals surface area contributed by atoms with Gasteiger partial charge in [-0.15, -0.1) is 0 Å². The van der Waals surface area contributed by atoms with Crippen LogP contribution in [0.25, 0.3) is 0 Å². The molecule has 2 N–H and O–H groups in total. The van der Waals surface area contributed by atoms with Gasteiger partial charge < -0.3 is 10.6 Å². The van der Waals surface area contributed by atoms with Crippen molar-refractivity contribution >= 4 is 11.6 Å². The number of fused-ring (bicyclic) bond motifs is 1. The number of amides is 1. The van der Waals surface area contributed by atoms with E-state index in [9.17, 15) is 4.79 Å². The van der Waals surface area contributed by atoms with Crippen molar-refractivity contribution in [2.24, 2.45) is 5.73 Å². The highest BCUT2D eigenvalue weighted by Crippen LogP contribution is 2.34. The van der Waals surface area contributed by atoms with Crippen molar-refractivity contribution in [1.82, 2.24) is 0 Å². The summed E-state index contributed by atoms with van der Waals surface area (Å²) in [5.74, 6) is -0.377. The van der Waals surface area contributed by atoms with Gasteiger partial charge in [0.05, 0.1) is 5.92 Å². The zero-order chi connectivity index (χ0) is 9.42. The van der Waals surface area contributed by atoms with Crippen LogP contribution in [0.5, 0.6) is 0 Å². The number of hydrogen-bond acceptors (Lipinski definition) is 2. The summed E-state index contributed by atoms with van der Waals surface area (Å²) in [6, 6.07) is 7.89. The first-order valence-corrected chi connectivity index (χ1v) is 4.29. The third-order valence-electron chi connectivity index (χ3n) is 2.52. The van der Waals surface area contributed by atoms with Crippen molar-refractivity contribution in [2.45, 2.75) is 5.92 Å². The van der Waals surface area contributed by atoms with Gasteiger partial charge in [-0.05, 0) is 11.6 Å². The van der Waals surface area contributed by atoms with Crippen LogP contribution in [-0.2, 0) is 4.79 Å². The number of nitrogens with zero attached hydrogens (tertiary/aromatic N) is 1. The van der Waals surface area contributed by atoms with E-state index >= 15 is 0 Å². The van der Waals surface area contributed by atoms with Gasteiger partial charge in [-0.3, -0.25) is 4.79 Å². The summed E-state index contributed by atoms with van der Waals surface area (Å²) in [6.45, 7) is 0.703. The molecule has 1 aromatic rings. The molecule has 1 unspecified atom stereocenters.